The van der Waals surface area contributed by atoms with Gasteiger partial charge in [0.25, 0.3) is 0 Å². The Bertz CT molecular complexity index is 438. The summed E-state index contributed by atoms with van der Waals surface area (Å²) >= 11 is 6.16. The fourth-order valence-electron chi connectivity index (χ4n) is 2.60. The van der Waals surface area contributed by atoms with Gasteiger partial charge in [-0.15, -0.1) is 0 Å². The molecule has 0 spiro atoms. The number of ketones is 1. The largest absolute Gasteiger partial charge is 0.314 e. The third-order valence-electron chi connectivity index (χ3n) is 3.78. The van der Waals surface area contributed by atoms with Crippen LogP contribution >= 0.6 is 11.6 Å². The van der Waals surface area contributed by atoms with Crippen LogP contribution in [-0.4, -0.2) is 18.4 Å². The molecule has 19 heavy (non-hydrogen) atoms. The van der Waals surface area contributed by atoms with Crippen molar-refractivity contribution in [2.24, 2.45) is 0 Å². The van der Waals surface area contributed by atoms with Gasteiger partial charge in [0.05, 0.1) is 0 Å². The number of rotatable bonds is 5. The number of nitrogens with one attached hydrogen (secondary N) is 1. The topological polar surface area (TPSA) is 29.1 Å². The number of carbonyl (C=O) groups is 1. The lowest BCUT2D eigenvalue weighted by Crippen LogP contribution is -2.34. The van der Waals surface area contributed by atoms with Gasteiger partial charge in [0.1, 0.15) is 5.78 Å². The van der Waals surface area contributed by atoms with Crippen molar-refractivity contribution in [3.05, 3.63) is 34.3 Å². The van der Waals surface area contributed by atoms with E-state index < -0.39 is 0 Å². The van der Waals surface area contributed by atoms with Crippen LogP contribution in [0.15, 0.2) is 18.2 Å². The van der Waals surface area contributed by atoms with Gasteiger partial charge in [-0.3, -0.25) is 4.79 Å². The van der Waals surface area contributed by atoms with Gasteiger partial charge in [-0.25, -0.2) is 0 Å². The second-order valence-corrected chi connectivity index (χ2v) is 5.90. The van der Waals surface area contributed by atoms with Crippen molar-refractivity contribution in [2.75, 3.05) is 6.54 Å². The zero-order valence-corrected chi connectivity index (χ0v) is 12.3. The molecule has 0 radical (unpaired) electrons. The molecular weight excluding hydrogens is 258 g/mol. The van der Waals surface area contributed by atoms with Crippen molar-refractivity contribution in [3.63, 3.8) is 0 Å². The normalized spacial score (nSPS) is 19.4. The first-order chi connectivity index (χ1) is 9.15. The van der Waals surface area contributed by atoms with Gasteiger partial charge in [-0.05, 0) is 49.9 Å². The molecule has 1 N–H and O–H groups in total. The van der Waals surface area contributed by atoms with Crippen LogP contribution < -0.4 is 5.32 Å². The van der Waals surface area contributed by atoms with Gasteiger partial charge in [-0.2, -0.15) is 0 Å². The predicted molar refractivity (Wildman–Crippen MR) is 79.8 cm³/mol. The Morgan fingerprint density at radius 2 is 2.26 bits per heavy atom. The molecule has 2 rings (SSSR count). The summed E-state index contributed by atoms with van der Waals surface area (Å²) in [6.45, 7) is 3.11. The maximum Gasteiger partial charge on any atom is 0.137 e. The molecule has 1 unspecified atom stereocenters. The van der Waals surface area contributed by atoms with Crippen LogP contribution in [0.4, 0.5) is 0 Å². The summed E-state index contributed by atoms with van der Waals surface area (Å²) in [5.41, 5.74) is 2.08. The van der Waals surface area contributed by atoms with Crippen molar-refractivity contribution in [2.45, 2.75) is 51.5 Å². The quantitative estimate of drug-likeness (QED) is 0.891. The van der Waals surface area contributed by atoms with Crippen molar-refractivity contribution in [1.29, 1.82) is 0 Å². The Morgan fingerprint density at radius 1 is 1.42 bits per heavy atom. The van der Waals surface area contributed by atoms with E-state index >= 15 is 0 Å². The van der Waals surface area contributed by atoms with E-state index in [9.17, 15) is 4.79 Å². The Balaban J connectivity index is 1.80. The minimum absolute atomic E-state index is 0.290. The van der Waals surface area contributed by atoms with Gasteiger partial charge in [-0.1, -0.05) is 30.2 Å². The highest BCUT2D eigenvalue weighted by Crippen LogP contribution is 2.19. The van der Waals surface area contributed by atoms with Crippen molar-refractivity contribution in [3.8, 4) is 0 Å². The number of carbonyl (C=O) groups excluding carboxylic acids is 1. The Labute approximate surface area is 120 Å². The van der Waals surface area contributed by atoms with E-state index in [1.54, 1.807) is 0 Å². The predicted octanol–water partition coefficient (Wildman–Crippen LogP) is 3.68. The van der Waals surface area contributed by atoms with Crippen molar-refractivity contribution in [1.82, 2.24) is 5.32 Å². The maximum atomic E-state index is 12.0. The summed E-state index contributed by atoms with van der Waals surface area (Å²) in [7, 11) is 0. The second-order valence-electron chi connectivity index (χ2n) is 5.50. The van der Waals surface area contributed by atoms with Crippen LogP contribution in [0.25, 0.3) is 0 Å². The molecular formula is C16H22ClNO. The molecule has 0 aliphatic carbocycles. The molecule has 2 nitrogen and oxygen atoms in total. The molecule has 0 saturated carbocycles. The lowest BCUT2D eigenvalue weighted by Gasteiger charge is -2.23. The highest BCUT2D eigenvalue weighted by atomic mass is 35.5. The molecule has 1 aliphatic heterocycles. The number of hydrogen-bond acceptors (Lipinski definition) is 2. The van der Waals surface area contributed by atoms with E-state index in [0.29, 0.717) is 23.9 Å². The number of aryl methyl sites for hydroxylation is 1. The first kappa shape index (κ1) is 14.5. The van der Waals surface area contributed by atoms with Gasteiger partial charge >= 0.3 is 0 Å². The molecule has 1 aromatic rings. The highest BCUT2D eigenvalue weighted by molar-refractivity contribution is 6.31. The zero-order chi connectivity index (χ0) is 13.7. The van der Waals surface area contributed by atoms with Crippen LogP contribution in [0.2, 0.25) is 5.02 Å². The van der Waals surface area contributed by atoms with Crippen LogP contribution in [0, 0.1) is 6.92 Å². The molecule has 1 fully saturated rings. The number of Topliss-reactive ketones (excluding diaryl/α,β-unsaturated/α-hetero) is 1. The summed E-state index contributed by atoms with van der Waals surface area (Å²) in [6.07, 6.45) is 5.84. The minimum atomic E-state index is 0.290. The molecule has 1 heterocycles. The number of benzene rings is 1. The SMILES string of the molecule is Cc1ccc(CC(=O)CCC2CCCCN2)c(Cl)c1. The fourth-order valence-corrected chi connectivity index (χ4v) is 2.90. The lowest BCUT2D eigenvalue weighted by atomic mass is 9.97. The fraction of sp³-hybridized carbons (Fsp3) is 0.562. The highest BCUT2D eigenvalue weighted by Gasteiger charge is 2.14. The first-order valence-electron chi connectivity index (χ1n) is 7.15. The monoisotopic (exact) mass is 279 g/mol. The summed E-state index contributed by atoms with van der Waals surface area (Å²) < 4.78 is 0. The number of piperidine rings is 1. The molecule has 3 heteroatoms. The molecule has 1 aromatic carbocycles. The van der Waals surface area contributed by atoms with E-state index in [-0.39, 0.29) is 5.78 Å². The number of hydrogen-bond donors (Lipinski definition) is 1. The summed E-state index contributed by atoms with van der Waals surface area (Å²) in [6, 6.07) is 6.43. The second kappa shape index (κ2) is 7.06. The Kier molecular flexibility index (Phi) is 5.41. The molecule has 0 aromatic heterocycles. The van der Waals surface area contributed by atoms with Gasteiger partial charge in [0.2, 0.25) is 0 Å². The van der Waals surface area contributed by atoms with Crippen molar-refractivity contribution >= 4 is 17.4 Å². The summed E-state index contributed by atoms with van der Waals surface area (Å²) in [4.78, 5) is 12.0. The summed E-state index contributed by atoms with van der Waals surface area (Å²) in [5.74, 6) is 0.290. The van der Waals surface area contributed by atoms with Gasteiger partial charge < -0.3 is 5.32 Å². The third kappa shape index (κ3) is 4.63. The first-order valence-corrected chi connectivity index (χ1v) is 7.53. The van der Waals surface area contributed by atoms with Gasteiger partial charge in [0, 0.05) is 23.9 Å². The van der Waals surface area contributed by atoms with E-state index in [1.165, 1.54) is 19.3 Å². The van der Waals surface area contributed by atoms with Crippen LogP contribution in [0.1, 0.15) is 43.2 Å². The molecule has 104 valence electrons. The van der Waals surface area contributed by atoms with E-state index in [0.717, 1.165) is 24.1 Å². The molecule has 1 atom stereocenters. The molecule has 0 amide bonds. The van der Waals surface area contributed by atoms with Crippen LogP contribution in [0.3, 0.4) is 0 Å². The third-order valence-corrected chi connectivity index (χ3v) is 4.13. The Hall–Kier alpha value is -0.860. The van der Waals surface area contributed by atoms with Crippen molar-refractivity contribution < 1.29 is 4.79 Å². The number of halogens is 1. The van der Waals surface area contributed by atoms with E-state index in [2.05, 4.69) is 5.32 Å². The molecule has 0 bridgehead atoms. The zero-order valence-electron chi connectivity index (χ0n) is 11.5. The average molecular weight is 280 g/mol. The minimum Gasteiger partial charge on any atom is -0.314 e. The summed E-state index contributed by atoms with van der Waals surface area (Å²) in [5, 5.41) is 4.19. The van der Waals surface area contributed by atoms with E-state index in [4.69, 9.17) is 11.6 Å². The van der Waals surface area contributed by atoms with Crippen LogP contribution in [0.5, 0.6) is 0 Å². The smallest absolute Gasteiger partial charge is 0.137 e. The Morgan fingerprint density at radius 3 is 2.95 bits per heavy atom. The van der Waals surface area contributed by atoms with Crippen LogP contribution in [-0.2, 0) is 11.2 Å². The van der Waals surface area contributed by atoms with Gasteiger partial charge in [0.15, 0.2) is 0 Å². The lowest BCUT2D eigenvalue weighted by molar-refractivity contribution is -0.118. The molecule has 1 aliphatic rings. The average Bonchev–Trinajstić information content (AvgIpc) is 2.41. The standard InChI is InChI=1S/C16H22ClNO/c1-12-5-6-13(16(17)10-12)11-15(19)8-7-14-4-2-3-9-18-14/h5-6,10,14,18H,2-4,7-9,11H2,1H3. The van der Waals surface area contributed by atoms with E-state index in [1.807, 2.05) is 25.1 Å². The maximum absolute atomic E-state index is 12.0. The molecule has 1 saturated heterocycles.